The summed E-state index contributed by atoms with van der Waals surface area (Å²) in [4.78, 5) is 11.0. The molecule has 1 N–H and O–H groups in total. The molecule has 112 valence electrons. The van der Waals surface area contributed by atoms with Crippen molar-refractivity contribution in [1.29, 1.82) is 0 Å². The van der Waals surface area contributed by atoms with Crippen LogP contribution in [0.3, 0.4) is 0 Å². The summed E-state index contributed by atoms with van der Waals surface area (Å²) in [6.45, 7) is 6.05. The molecule has 2 nitrogen and oxygen atoms in total. The van der Waals surface area contributed by atoms with Crippen molar-refractivity contribution in [1.82, 2.24) is 0 Å². The van der Waals surface area contributed by atoms with E-state index in [1.165, 1.54) is 25.7 Å². The van der Waals surface area contributed by atoms with Gasteiger partial charge in [-0.3, -0.25) is 4.79 Å². The number of ketones is 1. The third-order valence-corrected chi connectivity index (χ3v) is 4.21. The van der Waals surface area contributed by atoms with Gasteiger partial charge in [-0.05, 0) is 25.2 Å². The predicted molar refractivity (Wildman–Crippen MR) is 83.9 cm³/mol. The summed E-state index contributed by atoms with van der Waals surface area (Å²) in [6.07, 6.45) is 5.73. The Morgan fingerprint density at radius 1 is 1.25 bits per heavy atom. The molecule has 1 fully saturated rings. The lowest BCUT2D eigenvalue weighted by Crippen LogP contribution is -2.26. The zero-order valence-corrected chi connectivity index (χ0v) is 13.0. The van der Waals surface area contributed by atoms with Crippen LogP contribution in [-0.2, 0) is 0 Å². The number of rotatable bonds is 3. The smallest absolute Gasteiger partial charge is 0.162 e. The standard InChI is InChI=1S/C9H18O.C9H10O/c1-7-5-3-4-6-9(7)8(2)10;1-2-9(10)8-6-4-3-5-7-8/h7-10H,3-6H2,1-2H3;3-7H,2H2,1H3. The largest absolute Gasteiger partial charge is 0.393 e. The summed E-state index contributed by atoms with van der Waals surface area (Å²) in [5, 5.41) is 9.35. The van der Waals surface area contributed by atoms with E-state index in [2.05, 4.69) is 6.92 Å². The van der Waals surface area contributed by atoms with Crippen molar-refractivity contribution < 1.29 is 9.90 Å². The van der Waals surface area contributed by atoms with E-state index in [1.807, 2.05) is 44.2 Å². The Morgan fingerprint density at radius 2 is 1.85 bits per heavy atom. The van der Waals surface area contributed by atoms with Crippen LogP contribution < -0.4 is 0 Å². The molecule has 0 spiro atoms. The van der Waals surface area contributed by atoms with Crippen LogP contribution in [0.15, 0.2) is 30.3 Å². The monoisotopic (exact) mass is 276 g/mol. The second-order valence-corrected chi connectivity index (χ2v) is 5.81. The fraction of sp³-hybridized carbons (Fsp3) is 0.611. The summed E-state index contributed by atoms with van der Waals surface area (Å²) in [7, 11) is 0. The fourth-order valence-corrected chi connectivity index (χ4v) is 2.89. The van der Waals surface area contributed by atoms with Crippen molar-refractivity contribution in [3.8, 4) is 0 Å². The molecule has 0 amide bonds. The van der Waals surface area contributed by atoms with Gasteiger partial charge in [-0.25, -0.2) is 0 Å². The Kier molecular flexibility index (Phi) is 7.53. The fourth-order valence-electron chi connectivity index (χ4n) is 2.89. The molecule has 3 atom stereocenters. The van der Waals surface area contributed by atoms with E-state index < -0.39 is 0 Å². The molecule has 1 saturated carbocycles. The van der Waals surface area contributed by atoms with Crippen molar-refractivity contribution in [3.63, 3.8) is 0 Å². The molecule has 1 aliphatic rings. The van der Waals surface area contributed by atoms with Gasteiger partial charge in [0.05, 0.1) is 6.10 Å². The van der Waals surface area contributed by atoms with Gasteiger partial charge in [-0.15, -0.1) is 0 Å². The predicted octanol–water partition coefficient (Wildman–Crippen LogP) is 4.47. The third-order valence-electron chi connectivity index (χ3n) is 4.21. The van der Waals surface area contributed by atoms with E-state index in [4.69, 9.17) is 0 Å². The van der Waals surface area contributed by atoms with Gasteiger partial charge in [0.1, 0.15) is 0 Å². The average Bonchev–Trinajstić information content (AvgIpc) is 2.48. The lowest BCUT2D eigenvalue weighted by Gasteiger charge is -2.30. The highest BCUT2D eigenvalue weighted by Gasteiger charge is 2.24. The minimum Gasteiger partial charge on any atom is -0.393 e. The number of hydrogen-bond donors (Lipinski definition) is 1. The molecule has 3 unspecified atom stereocenters. The molecule has 2 rings (SSSR count). The van der Waals surface area contributed by atoms with E-state index in [0.29, 0.717) is 12.3 Å². The van der Waals surface area contributed by atoms with E-state index in [-0.39, 0.29) is 11.9 Å². The van der Waals surface area contributed by atoms with Crippen LogP contribution >= 0.6 is 0 Å². The lowest BCUT2D eigenvalue weighted by molar-refractivity contribution is 0.0678. The molecule has 1 aromatic carbocycles. The third kappa shape index (κ3) is 5.46. The van der Waals surface area contributed by atoms with Gasteiger partial charge in [-0.1, -0.05) is 63.4 Å². The maximum atomic E-state index is 11.0. The van der Waals surface area contributed by atoms with Crippen molar-refractivity contribution in [2.24, 2.45) is 11.8 Å². The maximum absolute atomic E-state index is 11.0. The van der Waals surface area contributed by atoms with Gasteiger partial charge in [0.2, 0.25) is 0 Å². The maximum Gasteiger partial charge on any atom is 0.162 e. The van der Waals surface area contributed by atoms with Crippen molar-refractivity contribution in [2.75, 3.05) is 0 Å². The number of carbonyl (C=O) groups excluding carboxylic acids is 1. The Hall–Kier alpha value is -1.15. The number of carbonyl (C=O) groups is 1. The van der Waals surface area contributed by atoms with Crippen LogP contribution in [0.1, 0.15) is 63.2 Å². The van der Waals surface area contributed by atoms with Gasteiger partial charge in [0.25, 0.3) is 0 Å². The van der Waals surface area contributed by atoms with Gasteiger partial charge >= 0.3 is 0 Å². The van der Waals surface area contributed by atoms with Crippen LogP contribution in [-0.4, -0.2) is 17.0 Å². The number of hydrogen-bond acceptors (Lipinski definition) is 2. The molecule has 0 bridgehead atoms. The second-order valence-electron chi connectivity index (χ2n) is 5.81. The van der Waals surface area contributed by atoms with Crippen LogP contribution in [0.5, 0.6) is 0 Å². The van der Waals surface area contributed by atoms with Crippen LogP contribution in [0.2, 0.25) is 0 Å². The molecule has 20 heavy (non-hydrogen) atoms. The SMILES string of the molecule is CC(O)C1CCCCC1C.CCC(=O)c1ccccc1. The van der Waals surface area contributed by atoms with Crippen molar-refractivity contribution in [2.45, 2.75) is 59.0 Å². The summed E-state index contributed by atoms with van der Waals surface area (Å²) in [5.41, 5.74) is 0.810. The molecule has 0 saturated heterocycles. The van der Waals surface area contributed by atoms with Gasteiger partial charge in [-0.2, -0.15) is 0 Å². The quantitative estimate of drug-likeness (QED) is 0.827. The molecule has 0 radical (unpaired) electrons. The Balaban J connectivity index is 0.000000200. The van der Waals surface area contributed by atoms with E-state index >= 15 is 0 Å². The molecule has 1 aromatic rings. The molecule has 2 heteroatoms. The highest BCUT2D eigenvalue weighted by Crippen LogP contribution is 2.31. The molecular formula is C18H28O2. The number of aliphatic hydroxyl groups excluding tert-OH is 1. The molecule has 0 heterocycles. The first kappa shape index (κ1) is 16.9. The molecule has 0 aromatic heterocycles. The average molecular weight is 276 g/mol. The van der Waals surface area contributed by atoms with Crippen LogP contribution in [0.25, 0.3) is 0 Å². The van der Waals surface area contributed by atoms with Crippen LogP contribution in [0, 0.1) is 11.8 Å². The minimum absolute atomic E-state index is 0.0877. The highest BCUT2D eigenvalue weighted by atomic mass is 16.3. The second kappa shape index (κ2) is 8.91. The van der Waals surface area contributed by atoms with Crippen molar-refractivity contribution >= 4 is 5.78 Å². The first-order chi connectivity index (χ1) is 9.56. The molecular weight excluding hydrogens is 248 g/mol. The van der Waals surface area contributed by atoms with E-state index in [9.17, 15) is 9.90 Å². The Bertz CT molecular complexity index is 384. The summed E-state index contributed by atoms with van der Waals surface area (Å²) >= 11 is 0. The summed E-state index contributed by atoms with van der Waals surface area (Å²) < 4.78 is 0. The number of benzene rings is 1. The van der Waals surface area contributed by atoms with Crippen LogP contribution in [0.4, 0.5) is 0 Å². The highest BCUT2D eigenvalue weighted by molar-refractivity contribution is 5.95. The zero-order valence-electron chi connectivity index (χ0n) is 13.0. The van der Waals surface area contributed by atoms with Gasteiger partial charge < -0.3 is 5.11 Å². The summed E-state index contributed by atoms with van der Waals surface area (Å²) in [5.74, 6) is 1.53. The Morgan fingerprint density at radius 3 is 2.30 bits per heavy atom. The van der Waals surface area contributed by atoms with Gasteiger partial charge in [0.15, 0.2) is 5.78 Å². The number of aliphatic hydroxyl groups is 1. The van der Waals surface area contributed by atoms with Gasteiger partial charge in [0, 0.05) is 12.0 Å². The topological polar surface area (TPSA) is 37.3 Å². The van der Waals surface area contributed by atoms with E-state index in [0.717, 1.165) is 11.5 Å². The zero-order chi connectivity index (χ0) is 15.0. The number of Topliss-reactive ketones (excluding diaryl/α,β-unsaturated/α-hetero) is 1. The first-order valence-electron chi connectivity index (χ1n) is 7.82. The first-order valence-corrected chi connectivity index (χ1v) is 7.82. The normalized spacial score (nSPS) is 23.4. The summed E-state index contributed by atoms with van der Waals surface area (Å²) in [6, 6.07) is 9.34. The van der Waals surface area contributed by atoms with Crippen molar-refractivity contribution in [3.05, 3.63) is 35.9 Å². The minimum atomic E-state index is -0.0877. The molecule has 0 aliphatic heterocycles. The molecule has 1 aliphatic carbocycles. The van der Waals surface area contributed by atoms with E-state index in [1.54, 1.807) is 0 Å². The Labute approximate surface area is 123 Å². The lowest BCUT2D eigenvalue weighted by atomic mass is 9.78.